The van der Waals surface area contributed by atoms with E-state index in [0.717, 1.165) is 17.9 Å². The van der Waals surface area contributed by atoms with Crippen LogP contribution >= 0.6 is 0 Å². The van der Waals surface area contributed by atoms with Crippen molar-refractivity contribution < 1.29 is 5.11 Å². The van der Waals surface area contributed by atoms with Gasteiger partial charge in [-0.15, -0.1) is 0 Å². The zero-order valence-electron chi connectivity index (χ0n) is 9.35. The molecule has 1 aromatic heterocycles. The highest BCUT2D eigenvalue weighted by Gasteiger charge is 2.09. The molecule has 0 radical (unpaired) electrons. The van der Waals surface area contributed by atoms with Crippen LogP contribution in [-0.2, 0) is 12.8 Å². The summed E-state index contributed by atoms with van der Waals surface area (Å²) in [6, 6.07) is 1.83. The molecule has 2 unspecified atom stereocenters. The number of hydrogen-bond acceptors (Lipinski definition) is 4. The predicted molar refractivity (Wildman–Crippen MR) is 59.4 cm³/mol. The minimum absolute atomic E-state index is 0.0721. The highest BCUT2D eigenvalue weighted by atomic mass is 16.3. The molecular weight excluding hydrogens is 190 g/mol. The fourth-order valence-corrected chi connectivity index (χ4v) is 1.49. The van der Waals surface area contributed by atoms with Gasteiger partial charge >= 0.3 is 0 Å². The Morgan fingerprint density at radius 2 is 2.27 bits per heavy atom. The summed E-state index contributed by atoms with van der Waals surface area (Å²) in [7, 11) is 0. The topological polar surface area (TPSA) is 72.0 Å². The zero-order chi connectivity index (χ0) is 11.3. The molecule has 0 aliphatic carbocycles. The Morgan fingerprint density at radius 3 is 2.87 bits per heavy atom. The molecule has 0 saturated carbocycles. The molecule has 84 valence electrons. The van der Waals surface area contributed by atoms with Crippen molar-refractivity contribution in [2.45, 2.75) is 45.3 Å². The van der Waals surface area contributed by atoms with Crippen molar-refractivity contribution in [2.24, 2.45) is 5.73 Å². The molecule has 0 amide bonds. The summed E-state index contributed by atoms with van der Waals surface area (Å²) >= 11 is 0. The van der Waals surface area contributed by atoms with E-state index in [9.17, 15) is 5.11 Å². The van der Waals surface area contributed by atoms with E-state index in [4.69, 9.17) is 5.73 Å². The Bertz CT molecular complexity index is 302. The van der Waals surface area contributed by atoms with Crippen molar-refractivity contribution in [3.8, 4) is 0 Å². The van der Waals surface area contributed by atoms with Crippen molar-refractivity contribution in [2.75, 3.05) is 0 Å². The first-order valence-corrected chi connectivity index (χ1v) is 5.36. The Hall–Kier alpha value is -1.00. The maximum atomic E-state index is 9.18. The van der Waals surface area contributed by atoms with Crippen molar-refractivity contribution >= 4 is 0 Å². The van der Waals surface area contributed by atoms with Gasteiger partial charge < -0.3 is 10.8 Å². The summed E-state index contributed by atoms with van der Waals surface area (Å²) in [5.41, 5.74) is 6.89. The molecule has 0 aromatic carbocycles. The first-order valence-electron chi connectivity index (χ1n) is 5.36. The third-order valence-electron chi connectivity index (χ3n) is 2.21. The lowest BCUT2D eigenvalue weighted by Gasteiger charge is -2.12. The van der Waals surface area contributed by atoms with Gasteiger partial charge in [-0.3, -0.25) is 0 Å². The second-order valence-corrected chi connectivity index (χ2v) is 3.87. The van der Waals surface area contributed by atoms with Crippen LogP contribution in [0.1, 0.15) is 31.8 Å². The minimum atomic E-state index is -0.366. The van der Waals surface area contributed by atoms with Crippen LogP contribution in [0.2, 0.25) is 0 Å². The maximum absolute atomic E-state index is 9.18. The van der Waals surface area contributed by atoms with E-state index in [-0.39, 0.29) is 12.1 Å². The molecule has 0 fully saturated rings. The molecule has 15 heavy (non-hydrogen) atoms. The number of hydrogen-bond donors (Lipinski definition) is 2. The number of aromatic nitrogens is 2. The average molecular weight is 209 g/mol. The van der Waals surface area contributed by atoms with Gasteiger partial charge in [0.15, 0.2) is 0 Å². The van der Waals surface area contributed by atoms with E-state index < -0.39 is 0 Å². The Balaban J connectivity index is 2.55. The van der Waals surface area contributed by atoms with E-state index in [2.05, 4.69) is 16.9 Å². The zero-order valence-corrected chi connectivity index (χ0v) is 9.35. The number of aliphatic hydroxyl groups excluding tert-OH is 1. The first-order chi connectivity index (χ1) is 7.11. The Labute approximate surface area is 90.6 Å². The lowest BCUT2D eigenvalue weighted by Crippen LogP contribution is -2.28. The van der Waals surface area contributed by atoms with E-state index >= 15 is 0 Å². The van der Waals surface area contributed by atoms with Crippen molar-refractivity contribution in [3.63, 3.8) is 0 Å². The van der Waals surface area contributed by atoms with Gasteiger partial charge in [0.05, 0.1) is 6.10 Å². The fourth-order valence-electron chi connectivity index (χ4n) is 1.49. The van der Waals surface area contributed by atoms with Crippen LogP contribution in [0.4, 0.5) is 0 Å². The SMILES string of the molecule is CCc1ccnc(CC(N)CC(C)O)n1. The van der Waals surface area contributed by atoms with Crippen LogP contribution in [0.15, 0.2) is 12.3 Å². The fraction of sp³-hybridized carbons (Fsp3) is 0.636. The van der Waals surface area contributed by atoms with E-state index in [0.29, 0.717) is 12.8 Å². The number of nitrogens with two attached hydrogens (primary N) is 1. The van der Waals surface area contributed by atoms with Gasteiger partial charge in [0.1, 0.15) is 5.82 Å². The number of aryl methyl sites for hydroxylation is 1. The quantitative estimate of drug-likeness (QED) is 0.748. The van der Waals surface area contributed by atoms with E-state index in [1.54, 1.807) is 13.1 Å². The van der Waals surface area contributed by atoms with Crippen LogP contribution in [-0.4, -0.2) is 27.2 Å². The molecule has 1 heterocycles. The third kappa shape index (κ3) is 4.36. The summed E-state index contributed by atoms with van der Waals surface area (Å²) in [5.74, 6) is 0.766. The summed E-state index contributed by atoms with van der Waals surface area (Å²) in [6.45, 7) is 3.80. The van der Waals surface area contributed by atoms with Crippen molar-refractivity contribution in [1.29, 1.82) is 0 Å². The van der Waals surface area contributed by atoms with Crippen LogP contribution in [0.25, 0.3) is 0 Å². The molecule has 4 nitrogen and oxygen atoms in total. The minimum Gasteiger partial charge on any atom is -0.393 e. The van der Waals surface area contributed by atoms with E-state index in [1.165, 1.54) is 0 Å². The van der Waals surface area contributed by atoms with Crippen LogP contribution in [0.3, 0.4) is 0 Å². The summed E-state index contributed by atoms with van der Waals surface area (Å²) in [6.07, 6.45) is 3.50. The highest BCUT2D eigenvalue weighted by molar-refractivity contribution is 5.03. The number of nitrogens with zero attached hydrogens (tertiary/aromatic N) is 2. The van der Waals surface area contributed by atoms with Gasteiger partial charge in [-0.2, -0.15) is 0 Å². The Kier molecular flexibility index (Phi) is 4.65. The van der Waals surface area contributed by atoms with Crippen molar-refractivity contribution in [1.82, 2.24) is 9.97 Å². The molecule has 1 aromatic rings. The molecule has 0 aliphatic heterocycles. The van der Waals surface area contributed by atoms with Gasteiger partial charge in [-0.05, 0) is 25.8 Å². The van der Waals surface area contributed by atoms with Crippen LogP contribution < -0.4 is 5.73 Å². The molecule has 3 N–H and O–H groups in total. The van der Waals surface area contributed by atoms with Gasteiger partial charge in [-0.1, -0.05) is 6.92 Å². The molecule has 0 spiro atoms. The lowest BCUT2D eigenvalue weighted by molar-refractivity contribution is 0.174. The first kappa shape index (κ1) is 12.1. The molecule has 4 heteroatoms. The Morgan fingerprint density at radius 1 is 1.53 bits per heavy atom. The molecule has 2 atom stereocenters. The molecule has 0 bridgehead atoms. The third-order valence-corrected chi connectivity index (χ3v) is 2.21. The highest BCUT2D eigenvalue weighted by Crippen LogP contribution is 2.03. The molecule has 0 saturated heterocycles. The lowest BCUT2D eigenvalue weighted by atomic mass is 10.1. The second-order valence-electron chi connectivity index (χ2n) is 3.87. The van der Waals surface area contributed by atoms with E-state index in [1.807, 2.05) is 6.07 Å². The van der Waals surface area contributed by atoms with Crippen molar-refractivity contribution in [3.05, 3.63) is 23.8 Å². The summed E-state index contributed by atoms with van der Waals surface area (Å²) in [5, 5.41) is 9.18. The molecular formula is C11H19N3O. The number of rotatable bonds is 5. The smallest absolute Gasteiger partial charge is 0.130 e. The van der Waals surface area contributed by atoms with Gasteiger partial charge in [0, 0.05) is 24.4 Å². The average Bonchev–Trinajstić information content (AvgIpc) is 2.16. The molecule has 0 aliphatic rings. The monoisotopic (exact) mass is 209 g/mol. The standard InChI is InChI=1S/C11H19N3O/c1-3-10-4-5-13-11(14-10)7-9(12)6-8(2)15/h4-5,8-9,15H,3,6-7,12H2,1-2H3. The molecule has 1 rings (SSSR count). The predicted octanol–water partition coefficient (Wildman–Crippen LogP) is 0.680. The van der Waals surface area contributed by atoms with Gasteiger partial charge in [0.25, 0.3) is 0 Å². The second kappa shape index (κ2) is 5.78. The summed E-state index contributed by atoms with van der Waals surface area (Å²) < 4.78 is 0. The number of aliphatic hydroxyl groups is 1. The maximum Gasteiger partial charge on any atom is 0.130 e. The van der Waals surface area contributed by atoms with Gasteiger partial charge in [0.2, 0.25) is 0 Å². The summed E-state index contributed by atoms with van der Waals surface area (Å²) in [4.78, 5) is 8.53. The normalized spacial score (nSPS) is 14.9. The van der Waals surface area contributed by atoms with Gasteiger partial charge in [-0.25, -0.2) is 9.97 Å². The van der Waals surface area contributed by atoms with Crippen LogP contribution in [0.5, 0.6) is 0 Å². The van der Waals surface area contributed by atoms with Crippen LogP contribution in [0, 0.1) is 0 Å². The largest absolute Gasteiger partial charge is 0.393 e.